The lowest BCUT2D eigenvalue weighted by molar-refractivity contribution is -0.00880. The van der Waals surface area contributed by atoms with Crippen LogP contribution in [0.4, 0.5) is 4.79 Å². The van der Waals surface area contributed by atoms with Crippen LogP contribution in [0, 0.1) is 0 Å². The Kier molecular flexibility index (Phi) is 15.6. The van der Waals surface area contributed by atoms with Gasteiger partial charge in [0.05, 0.1) is 0 Å². The minimum atomic E-state index is -0.504. The quantitative estimate of drug-likeness (QED) is 0.215. The molecule has 0 saturated carbocycles. The second-order valence-electron chi connectivity index (χ2n) is 8.13. The van der Waals surface area contributed by atoms with Gasteiger partial charge in [0.15, 0.2) is 6.23 Å². The van der Waals surface area contributed by atoms with Crippen molar-refractivity contribution in [2.24, 2.45) is 0 Å². The van der Waals surface area contributed by atoms with Crippen molar-refractivity contribution in [3.63, 3.8) is 0 Å². The van der Waals surface area contributed by atoms with Gasteiger partial charge >= 0.3 is 6.16 Å². The van der Waals surface area contributed by atoms with Gasteiger partial charge in [-0.2, -0.15) is 0 Å². The van der Waals surface area contributed by atoms with Gasteiger partial charge in [-0.1, -0.05) is 90.9 Å². The maximum Gasteiger partial charge on any atom is 0.510 e. The van der Waals surface area contributed by atoms with Gasteiger partial charge in [0.25, 0.3) is 0 Å². The lowest BCUT2D eigenvalue weighted by atomic mass is 10.0. The number of carbonyl (C=O) groups excluding carboxylic acids is 1. The molecule has 0 spiro atoms. The molecular formula is C23H45NO3. The Morgan fingerprint density at radius 3 is 1.93 bits per heavy atom. The predicted octanol–water partition coefficient (Wildman–Crippen LogP) is 7.11. The normalized spacial score (nSPS) is 17.8. The molecule has 0 amide bonds. The fourth-order valence-corrected chi connectivity index (χ4v) is 3.77. The summed E-state index contributed by atoms with van der Waals surface area (Å²) in [7, 11) is 0. The molecule has 4 nitrogen and oxygen atoms in total. The second kappa shape index (κ2) is 17.3. The Bertz CT molecular complexity index is 343. The number of ether oxygens (including phenoxy) is 2. The molecule has 1 aliphatic rings. The summed E-state index contributed by atoms with van der Waals surface area (Å²) >= 11 is 0. The lowest BCUT2D eigenvalue weighted by Crippen LogP contribution is -2.29. The van der Waals surface area contributed by atoms with Gasteiger partial charge in [0, 0.05) is 0 Å². The average Bonchev–Trinajstić information content (AvgIpc) is 3.17. The van der Waals surface area contributed by atoms with E-state index in [0.29, 0.717) is 0 Å². The Balaban J connectivity index is 1.87. The predicted molar refractivity (Wildman–Crippen MR) is 113 cm³/mol. The maximum absolute atomic E-state index is 11.8. The molecule has 1 aliphatic heterocycles. The summed E-state index contributed by atoms with van der Waals surface area (Å²) < 4.78 is 10.8. The van der Waals surface area contributed by atoms with E-state index in [4.69, 9.17) is 9.47 Å². The van der Waals surface area contributed by atoms with E-state index in [9.17, 15) is 4.79 Å². The van der Waals surface area contributed by atoms with Crippen LogP contribution in [0.1, 0.15) is 123 Å². The lowest BCUT2D eigenvalue weighted by Gasteiger charge is -2.18. The van der Waals surface area contributed by atoms with Crippen molar-refractivity contribution >= 4 is 6.16 Å². The van der Waals surface area contributed by atoms with E-state index in [1.807, 2.05) is 0 Å². The van der Waals surface area contributed by atoms with Crippen molar-refractivity contribution in [2.45, 2.75) is 135 Å². The third-order valence-corrected chi connectivity index (χ3v) is 5.60. The Hall–Kier alpha value is -0.770. The zero-order valence-electron chi connectivity index (χ0n) is 18.1. The first-order valence-corrected chi connectivity index (χ1v) is 11.9. The SMILES string of the molecule is CCCCCCCCCCCCCCCC(CC)OC(=O)OC1CCCN1. The van der Waals surface area contributed by atoms with Crippen LogP contribution >= 0.6 is 0 Å². The molecule has 2 atom stereocenters. The molecule has 0 aromatic carbocycles. The molecule has 1 saturated heterocycles. The van der Waals surface area contributed by atoms with Crippen molar-refractivity contribution in [1.82, 2.24) is 5.32 Å². The van der Waals surface area contributed by atoms with Crippen molar-refractivity contribution in [3.05, 3.63) is 0 Å². The highest BCUT2D eigenvalue weighted by Crippen LogP contribution is 2.16. The number of carbonyl (C=O) groups is 1. The van der Waals surface area contributed by atoms with E-state index in [-0.39, 0.29) is 12.3 Å². The molecule has 0 aromatic heterocycles. The van der Waals surface area contributed by atoms with Crippen LogP contribution in [0.2, 0.25) is 0 Å². The van der Waals surface area contributed by atoms with Crippen molar-refractivity contribution < 1.29 is 14.3 Å². The fraction of sp³-hybridized carbons (Fsp3) is 0.957. The standard InChI is InChI=1S/C23H45NO3/c1-3-5-6-7-8-9-10-11-12-13-14-15-16-18-21(4-2)26-23(25)27-22-19-17-20-24-22/h21-22,24H,3-20H2,1-2H3. The zero-order chi connectivity index (χ0) is 19.6. The van der Waals surface area contributed by atoms with E-state index in [1.165, 1.54) is 77.0 Å². The van der Waals surface area contributed by atoms with Crippen LogP contribution in [-0.4, -0.2) is 25.0 Å². The van der Waals surface area contributed by atoms with E-state index in [0.717, 1.165) is 38.6 Å². The first kappa shape index (κ1) is 24.3. The molecule has 0 aromatic rings. The van der Waals surface area contributed by atoms with E-state index >= 15 is 0 Å². The van der Waals surface area contributed by atoms with Crippen molar-refractivity contribution in [1.29, 1.82) is 0 Å². The first-order valence-electron chi connectivity index (χ1n) is 11.9. The number of hydrogen-bond acceptors (Lipinski definition) is 4. The van der Waals surface area contributed by atoms with Crippen LogP contribution in [-0.2, 0) is 9.47 Å². The largest absolute Gasteiger partial charge is 0.510 e. The smallest absolute Gasteiger partial charge is 0.431 e. The maximum atomic E-state index is 11.8. The third-order valence-electron chi connectivity index (χ3n) is 5.60. The van der Waals surface area contributed by atoms with E-state index < -0.39 is 6.16 Å². The number of unbranched alkanes of at least 4 members (excludes halogenated alkanes) is 12. The molecule has 2 unspecified atom stereocenters. The highest BCUT2D eigenvalue weighted by atomic mass is 16.7. The van der Waals surface area contributed by atoms with Gasteiger partial charge in [-0.15, -0.1) is 0 Å². The molecule has 1 rings (SSSR count). The second-order valence-corrected chi connectivity index (χ2v) is 8.13. The van der Waals surface area contributed by atoms with Crippen LogP contribution in [0.15, 0.2) is 0 Å². The molecule has 1 heterocycles. The Morgan fingerprint density at radius 1 is 0.889 bits per heavy atom. The summed E-state index contributed by atoms with van der Waals surface area (Å²) in [5.41, 5.74) is 0. The minimum absolute atomic E-state index is 0.00612. The monoisotopic (exact) mass is 383 g/mol. The summed E-state index contributed by atoms with van der Waals surface area (Å²) in [6, 6.07) is 0. The van der Waals surface area contributed by atoms with E-state index in [2.05, 4.69) is 19.2 Å². The van der Waals surface area contributed by atoms with Crippen LogP contribution in [0.25, 0.3) is 0 Å². The Labute approximate surface area is 168 Å². The molecule has 0 aliphatic carbocycles. The zero-order valence-corrected chi connectivity index (χ0v) is 18.1. The molecule has 27 heavy (non-hydrogen) atoms. The van der Waals surface area contributed by atoms with Gasteiger partial charge in [-0.25, -0.2) is 4.79 Å². The summed E-state index contributed by atoms with van der Waals surface area (Å²) in [5.74, 6) is 0. The average molecular weight is 384 g/mol. The molecule has 4 heteroatoms. The van der Waals surface area contributed by atoms with Crippen LogP contribution in [0.3, 0.4) is 0 Å². The highest BCUT2D eigenvalue weighted by Gasteiger charge is 2.21. The third kappa shape index (κ3) is 14.0. The number of hydrogen-bond donors (Lipinski definition) is 1. The molecule has 0 bridgehead atoms. The van der Waals surface area contributed by atoms with Crippen LogP contribution in [0.5, 0.6) is 0 Å². The molecular weight excluding hydrogens is 338 g/mol. The van der Waals surface area contributed by atoms with Crippen molar-refractivity contribution in [3.8, 4) is 0 Å². The van der Waals surface area contributed by atoms with Gasteiger partial charge < -0.3 is 9.47 Å². The van der Waals surface area contributed by atoms with Crippen molar-refractivity contribution in [2.75, 3.05) is 6.54 Å². The Morgan fingerprint density at radius 2 is 1.44 bits per heavy atom. The van der Waals surface area contributed by atoms with Gasteiger partial charge in [0.1, 0.15) is 6.10 Å². The summed E-state index contributed by atoms with van der Waals surface area (Å²) in [6.07, 6.45) is 20.8. The molecule has 0 radical (unpaired) electrons. The molecule has 160 valence electrons. The van der Waals surface area contributed by atoms with Crippen LogP contribution < -0.4 is 5.32 Å². The summed E-state index contributed by atoms with van der Waals surface area (Å²) in [6.45, 7) is 5.28. The fourth-order valence-electron chi connectivity index (χ4n) is 3.77. The summed E-state index contributed by atoms with van der Waals surface area (Å²) in [5, 5.41) is 3.15. The minimum Gasteiger partial charge on any atom is -0.431 e. The highest BCUT2D eigenvalue weighted by molar-refractivity contribution is 5.60. The topological polar surface area (TPSA) is 47.6 Å². The van der Waals surface area contributed by atoms with E-state index in [1.54, 1.807) is 0 Å². The number of rotatable bonds is 17. The molecule has 1 N–H and O–H groups in total. The summed E-state index contributed by atoms with van der Waals surface area (Å²) in [4.78, 5) is 11.8. The van der Waals surface area contributed by atoms with Gasteiger partial charge in [-0.3, -0.25) is 5.32 Å². The molecule has 1 fully saturated rings. The number of nitrogens with one attached hydrogen (secondary N) is 1. The van der Waals surface area contributed by atoms with Gasteiger partial charge in [0.2, 0.25) is 0 Å². The van der Waals surface area contributed by atoms with Gasteiger partial charge in [-0.05, 0) is 38.6 Å². The first-order chi connectivity index (χ1) is 13.3.